The fourth-order valence-corrected chi connectivity index (χ4v) is 4.01. The molecule has 0 spiro atoms. The number of carbonyl (C=O) groups is 2. The minimum absolute atomic E-state index is 0.105. The van der Waals surface area contributed by atoms with Crippen molar-refractivity contribution in [1.82, 2.24) is 24.5 Å². The van der Waals surface area contributed by atoms with Crippen LogP contribution in [0.5, 0.6) is 0 Å². The lowest BCUT2D eigenvalue weighted by Gasteiger charge is -2.27. The van der Waals surface area contributed by atoms with Crippen LogP contribution in [-0.2, 0) is 30.4 Å². The molecule has 1 aliphatic heterocycles. The molecular weight excluding hydrogens is 449 g/mol. The molecule has 2 amide bonds. The van der Waals surface area contributed by atoms with Crippen LogP contribution >= 0.6 is 0 Å². The van der Waals surface area contributed by atoms with Crippen molar-refractivity contribution >= 4 is 23.1 Å². The summed E-state index contributed by atoms with van der Waals surface area (Å²) in [6.45, 7) is 0.682. The van der Waals surface area contributed by atoms with Gasteiger partial charge in [0.1, 0.15) is 5.65 Å². The summed E-state index contributed by atoms with van der Waals surface area (Å²) in [5, 5.41) is 9.50. The molecule has 0 saturated carbocycles. The van der Waals surface area contributed by atoms with E-state index in [1.54, 1.807) is 11.1 Å². The van der Waals surface area contributed by atoms with E-state index in [1.165, 1.54) is 12.1 Å². The Morgan fingerprint density at radius 1 is 1.12 bits per heavy atom. The van der Waals surface area contributed by atoms with E-state index >= 15 is 0 Å². The summed E-state index contributed by atoms with van der Waals surface area (Å²) in [4.78, 5) is 31.7. The van der Waals surface area contributed by atoms with Gasteiger partial charge in [-0.3, -0.25) is 14.7 Å². The normalized spacial score (nSPS) is 13.7. The molecule has 4 aromatic rings. The van der Waals surface area contributed by atoms with Gasteiger partial charge < -0.3 is 14.6 Å². The molecule has 1 aromatic carbocycles. The SMILES string of the molecule is O=C(Nc1ccc(C(F)(F)F)cc1)c1n[nH]c2c1CN(C(=O)Cc1cnc3ccccn13)CC2. The monoisotopic (exact) mass is 468 g/mol. The van der Waals surface area contributed by atoms with E-state index in [0.717, 1.165) is 29.2 Å². The zero-order valence-electron chi connectivity index (χ0n) is 17.8. The van der Waals surface area contributed by atoms with Gasteiger partial charge in [0.15, 0.2) is 5.69 Å². The predicted octanol–water partition coefficient (Wildman–Crippen LogP) is 3.46. The number of hydrogen-bond acceptors (Lipinski definition) is 4. The van der Waals surface area contributed by atoms with E-state index < -0.39 is 17.6 Å². The fraction of sp³-hybridized carbons (Fsp3) is 0.217. The van der Waals surface area contributed by atoms with Crippen molar-refractivity contribution in [1.29, 1.82) is 0 Å². The summed E-state index contributed by atoms with van der Waals surface area (Å²) in [6.07, 6.45) is -0.272. The van der Waals surface area contributed by atoms with Gasteiger partial charge in [0, 0.05) is 48.8 Å². The number of halogens is 3. The molecule has 0 radical (unpaired) electrons. The van der Waals surface area contributed by atoms with Crippen LogP contribution in [0.3, 0.4) is 0 Å². The Bertz CT molecular complexity index is 1370. The summed E-state index contributed by atoms with van der Waals surface area (Å²) < 4.78 is 40.1. The summed E-state index contributed by atoms with van der Waals surface area (Å²) in [6, 6.07) is 9.76. The molecule has 0 atom stereocenters. The second kappa shape index (κ2) is 8.32. The van der Waals surface area contributed by atoms with Gasteiger partial charge in [-0.2, -0.15) is 18.3 Å². The minimum Gasteiger partial charge on any atom is -0.337 e. The van der Waals surface area contributed by atoms with Gasteiger partial charge in [-0.15, -0.1) is 0 Å². The Morgan fingerprint density at radius 3 is 2.68 bits per heavy atom. The molecule has 5 rings (SSSR count). The maximum absolute atomic E-state index is 13.0. The lowest BCUT2D eigenvalue weighted by atomic mass is 10.0. The maximum atomic E-state index is 13.0. The van der Waals surface area contributed by atoms with Gasteiger partial charge in [-0.1, -0.05) is 6.07 Å². The number of alkyl halides is 3. The van der Waals surface area contributed by atoms with Crippen LogP contribution < -0.4 is 5.32 Å². The number of imidazole rings is 1. The number of anilines is 1. The molecular formula is C23H19F3N6O2. The van der Waals surface area contributed by atoms with Crippen LogP contribution in [0.15, 0.2) is 54.9 Å². The van der Waals surface area contributed by atoms with Gasteiger partial charge in [0.2, 0.25) is 5.91 Å². The minimum atomic E-state index is -4.46. The van der Waals surface area contributed by atoms with Gasteiger partial charge in [-0.05, 0) is 36.4 Å². The van der Waals surface area contributed by atoms with Crippen molar-refractivity contribution < 1.29 is 22.8 Å². The number of pyridine rings is 1. The second-order valence-electron chi connectivity index (χ2n) is 7.98. The fourth-order valence-electron chi connectivity index (χ4n) is 4.01. The molecule has 0 saturated heterocycles. The van der Waals surface area contributed by atoms with Crippen LogP contribution in [0.25, 0.3) is 5.65 Å². The molecule has 1 aliphatic rings. The van der Waals surface area contributed by atoms with E-state index in [9.17, 15) is 22.8 Å². The summed E-state index contributed by atoms with van der Waals surface area (Å²) in [5.74, 6) is -0.667. The zero-order chi connectivity index (χ0) is 23.9. The molecule has 11 heteroatoms. The molecule has 0 bridgehead atoms. The number of carbonyl (C=O) groups excluding carboxylic acids is 2. The van der Waals surface area contributed by atoms with Gasteiger partial charge in [0.25, 0.3) is 5.91 Å². The first-order chi connectivity index (χ1) is 16.3. The number of hydrogen-bond donors (Lipinski definition) is 2. The van der Waals surface area contributed by atoms with E-state index in [4.69, 9.17) is 0 Å². The van der Waals surface area contributed by atoms with Crippen molar-refractivity contribution in [2.75, 3.05) is 11.9 Å². The Kier molecular flexibility index (Phi) is 5.31. The Morgan fingerprint density at radius 2 is 1.91 bits per heavy atom. The molecule has 2 N–H and O–H groups in total. The first-order valence-corrected chi connectivity index (χ1v) is 10.5. The number of rotatable bonds is 4. The maximum Gasteiger partial charge on any atom is 0.416 e. The third kappa shape index (κ3) is 4.12. The Hall–Kier alpha value is -4.15. The van der Waals surface area contributed by atoms with E-state index in [-0.39, 0.29) is 30.3 Å². The smallest absolute Gasteiger partial charge is 0.337 e. The molecule has 0 fully saturated rings. The van der Waals surface area contributed by atoms with Crippen molar-refractivity contribution in [2.45, 2.75) is 25.6 Å². The van der Waals surface area contributed by atoms with Crippen LogP contribution in [-0.4, -0.2) is 42.8 Å². The Balaban J connectivity index is 1.29. The standard InChI is InChI=1S/C23H19F3N6O2/c24-23(25,26)14-4-6-15(7-5-14)28-22(34)21-17-13-31(10-8-18(17)29-30-21)20(33)11-16-12-27-19-3-1-2-9-32(16)19/h1-7,9,12H,8,10-11,13H2,(H,28,34)(H,29,30). The van der Waals surface area contributed by atoms with Gasteiger partial charge >= 0.3 is 6.18 Å². The average molecular weight is 468 g/mol. The number of aromatic nitrogens is 4. The number of nitrogens with zero attached hydrogens (tertiary/aromatic N) is 4. The highest BCUT2D eigenvalue weighted by Gasteiger charge is 2.31. The highest BCUT2D eigenvalue weighted by atomic mass is 19.4. The third-order valence-corrected chi connectivity index (χ3v) is 5.80. The molecule has 174 valence electrons. The number of H-pyrrole nitrogens is 1. The van der Waals surface area contributed by atoms with Crippen LogP contribution in [0.1, 0.15) is 33.0 Å². The lowest BCUT2D eigenvalue weighted by molar-refractivity contribution is -0.137. The topological polar surface area (TPSA) is 95.4 Å². The molecule has 34 heavy (non-hydrogen) atoms. The summed E-state index contributed by atoms with van der Waals surface area (Å²) in [7, 11) is 0. The highest BCUT2D eigenvalue weighted by molar-refractivity contribution is 6.04. The van der Waals surface area contributed by atoms with E-state index in [1.807, 2.05) is 28.8 Å². The summed E-state index contributed by atoms with van der Waals surface area (Å²) >= 11 is 0. The number of nitrogens with one attached hydrogen (secondary N) is 2. The second-order valence-corrected chi connectivity index (χ2v) is 7.98. The van der Waals surface area contributed by atoms with Crippen LogP contribution in [0.4, 0.5) is 18.9 Å². The first-order valence-electron chi connectivity index (χ1n) is 10.5. The van der Waals surface area contributed by atoms with E-state index in [2.05, 4.69) is 20.5 Å². The number of aromatic amines is 1. The van der Waals surface area contributed by atoms with Gasteiger partial charge in [0.05, 0.1) is 17.7 Å². The Labute approximate surface area is 191 Å². The largest absolute Gasteiger partial charge is 0.416 e. The van der Waals surface area contributed by atoms with Crippen molar-refractivity contribution in [2.24, 2.45) is 0 Å². The van der Waals surface area contributed by atoms with Crippen molar-refractivity contribution in [3.63, 3.8) is 0 Å². The van der Waals surface area contributed by atoms with Crippen LogP contribution in [0.2, 0.25) is 0 Å². The quantitative estimate of drug-likeness (QED) is 0.480. The zero-order valence-corrected chi connectivity index (χ0v) is 17.8. The van der Waals surface area contributed by atoms with Crippen molar-refractivity contribution in [3.8, 4) is 0 Å². The number of fused-ring (bicyclic) bond motifs is 2. The van der Waals surface area contributed by atoms with Gasteiger partial charge in [-0.25, -0.2) is 4.98 Å². The number of amides is 2. The molecule has 0 aliphatic carbocycles. The third-order valence-electron chi connectivity index (χ3n) is 5.80. The molecule has 0 unspecified atom stereocenters. The summed E-state index contributed by atoms with van der Waals surface area (Å²) in [5.41, 5.74) is 2.40. The average Bonchev–Trinajstić information content (AvgIpc) is 3.43. The molecule has 3 aromatic heterocycles. The molecule has 4 heterocycles. The first kappa shape index (κ1) is 21.7. The highest BCUT2D eigenvalue weighted by Crippen LogP contribution is 2.30. The molecule has 8 nitrogen and oxygen atoms in total. The lowest BCUT2D eigenvalue weighted by Crippen LogP contribution is -2.37. The van der Waals surface area contributed by atoms with E-state index in [0.29, 0.717) is 18.5 Å². The number of benzene rings is 1. The van der Waals surface area contributed by atoms with Crippen LogP contribution in [0, 0.1) is 0 Å². The van der Waals surface area contributed by atoms with Crippen molar-refractivity contribution in [3.05, 3.63) is 83.1 Å². The predicted molar refractivity (Wildman–Crippen MR) is 116 cm³/mol.